The summed E-state index contributed by atoms with van der Waals surface area (Å²) in [5.41, 5.74) is 1.56. The van der Waals surface area contributed by atoms with Crippen molar-refractivity contribution in [2.75, 3.05) is 0 Å². The highest BCUT2D eigenvalue weighted by Crippen LogP contribution is 2.36. The van der Waals surface area contributed by atoms with Crippen LogP contribution in [0, 0.1) is 0 Å². The van der Waals surface area contributed by atoms with Gasteiger partial charge in [0.2, 0.25) is 0 Å². The molecule has 2 atom stereocenters. The van der Waals surface area contributed by atoms with E-state index in [1.807, 2.05) is 24.3 Å². The second-order valence-electron chi connectivity index (χ2n) is 4.21. The van der Waals surface area contributed by atoms with Crippen molar-refractivity contribution >= 4 is 60.8 Å². The Balaban J connectivity index is 2.22. The molecule has 0 saturated carbocycles. The van der Waals surface area contributed by atoms with Crippen molar-refractivity contribution in [3.05, 3.63) is 69.7 Å². The molecular formula is C15H10Br2Cl2O. The number of hydrogen-bond acceptors (Lipinski definition) is 1. The zero-order valence-corrected chi connectivity index (χ0v) is 14.9. The van der Waals surface area contributed by atoms with E-state index in [4.69, 9.17) is 23.2 Å². The van der Waals surface area contributed by atoms with E-state index in [-0.39, 0.29) is 15.4 Å². The molecule has 0 saturated heterocycles. The van der Waals surface area contributed by atoms with E-state index in [1.165, 1.54) is 0 Å². The lowest BCUT2D eigenvalue weighted by Crippen LogP contribution is -2.19. The number of halogens is 4. The van der Waals surface area contributed by atoms with Crippen LogP contribution >= 0.6 is 55.1 Å². The van der Waals surface area contributed by atoms with Crippen molar-refractivity contribution < 1.29 is 4.79 Å². The molecule has 20 heavy (non-hydrogen) atoms. The molecule has 0 aromatic heterocycles. The average Bonchev–Trinajstić information content (AvgIpc) is 2.48. The van der Waals surface area contributed by atoms with E-state index in [1.54, 1.807) is 24.3 Å². The third kappa shape index (κ3) is 3.64. The second-order valence-corrected chi connectivity index (χ2v) is 6.99. The molecule has 0 heterocycles. The summed E-state index contributed by atoms with van der Waals surface area (Å²) in [6, 6.07) is 14.5. The Hall–Kier alpha value is -0.350. The van der Waals surface area contributed by atoms with Gasteiger partial charge in [-0.1, -0.05) is 91.5 Å². The van der Waals surface area contributed by atoms with E-state index in [0.717, 1.165) is 5.56 Å². The number of carbonyl (C=O) groups is 1. The Bertz CT molecular complexity index is 617. The minimum absolute atomic E-state index is 0.0125. The Labute approximate surface area is 144 Å². The molecule has 0 unspecified atom stereocenters. The molecule has 0 aliphatic rings. The number of carbonyl (C=O) groups excluding carboxylic acids is 1. The van der Waals surface area contributed by atoms with Gasteiger partial charge in [-0.05, 0) is 17.7 Å². The summed E-state index contributed by atoms with van der Waals surface area (Å²) in [5, 5.41) is 0.969. The van der Waals surface area contributed by atoms with E-state index in [9.17, 15) is 4.79 Å². The van der Waals surface area contributed by atoms with Crippen LogP contribution in [0.25, 0.3) is 0 Å². The van der Waals surface area contributed by atoms with E-state index in [0.29, 0.717) is 15.6 Å². The molecule has 1 nitrogen and oxygen atoms in total. The molecule has 0 radical (unpaired) electrons. The normalized spacial score (nSPS) is 13.8. The van der Waals surface area contributed by atoms with Crippen LogP contribution in [-0.2, 0) is 0 Å². The fourth-order valence-corrected chi connectivity index (χ4v) is 3.15. The molecule has 0 spiro atoms. The first kappa shape index (κ1) is 16.0. The molecule has 0 amide bonds. The fourth-order valence-electron chi connectivity index (χ4n) is 1.75. The summed E-state index contributed by atoms with van der Waals surface area (Å²) in [6.07, 6.45) is 0. The largest absolute Gasteiger partial charge is 0.293 e. The van der Waals surface area contributed by atoms with Gasteiger partial charge in [-0.25, -0.2) is 0 Å². The zero-order chi connectivity index (χ0) is 14.7. The minimum Gasteiger partial charge on any atom is -0.293 e. The third-order valence-corrected chi connectivity index (χ3v) is 6.28. The van der Waals surface area contributed by atoms with E-state index >= 15 is 0 Å². The predicted molar refractivity (Wildman–Crippen MR) is 91.6 cm³/mol. The molecule has 0 bridgehead atoms. The highest BCUT2D eigenvalue weighted by atomic mass is 79.9. The van der Waals surface area contributed by atoms with Gasteiger partial charge >= 0.3 is 0 Å². The summed E-state index contributed by atoms with van der Waals surface area (Å²) >= 11 is 18.9. The summed E-state index contributed by atoms with van der Waals surface area (Å²) in [4.78, 5) is 11.8. The summed E-state index contributed by atoms with van der Waals surface area (Å²) in [7, 11) is 0. The molecule has 5 heteroatoms. The summed E-state index contributed by atoms with van der Waals surface area (Å²) < 4.78 is 0. The maximum absolute atomic E-state index is 12.4. The van der Waals surface area contributed by atoms with Gasteiger partial charge in [0.05, 0.1) is 19.7 Å². The molecule has 2 aromatic carbocycles. The SMILES string of the molecule is O=C(c1ccccc1)[C@H](Br)[C@H](Br)c1ccc(Cl)c(Cl)c1. The van der Waals surface area contributed by atoms with Gasteiger partial charge in [0.25, 0.3) is 0 Å². The van der Waals surface area contributed by atoms with Crippen LogP contribution in [0.5, 0.6) is 0 Å². The number of rotatable bonds is 4. The van der Waals surface area contributed by atoms with Gasteiger partial charge in [-0.2, -0.15) is 0 Å². The van der Waals surface area contributed by atoms with Crippen molar-refractivity contribution in [1.29, 1.82) is 0 Å². The van der Waals surface area contributed by atoms with Gasteiger partial charge in [-0.3, -0.25) is 4.79 Å². The molecule has 0 fully saturated rings. The monoisotopic (exact) mass is 434 g/mol. The van der Waals surface area contributed by atoms with E-state index < -0.39 is 0 Å². The highest BCUT2D eigenvalue weighted by molar-refractivity contribution is 9.12. The quantitative estimate of drug-likeness (QED) is 0.419. The summed E-state index contributed by atoms with van der Waals surface area (Å²) in [6.45, 7) is 0. The minimum atomic E-state index is -0.387. The first-order chi connectivity index (χ1) is 9.50. The third-order valence-electron chi connectivity index (χ3n) is 2.83. The molecule has 0 aliphatic heterocycles. The van der Waals surface area contributed by atoms with Crippen molar-refractivity contribution in [2.45, 2.75) is 9.65 Å². The lowest BCUT2D eigenvalue weighted by atomic mass is 10.0. The first-order valence-electron chi connectivity index (χ1n) is 5.83. The van der Waals surface area contributed by atoms with Gasteiger partial charge in [-0.15, -0.1) is 0 Å². The van der Waals surface area contributed by atoms with Crippen molar-refractivity contribution in [1.82, 2.24) is 0 Å². The molecule has 0 aliphatic carbocycles. The maximum atomic E-state index is 12.4. The lowest BCUT2D eigenvalue weighted by Gasteiger charge is -2.17. The molecule has 2 rings (SSSR count). The molecule has 0 N–H and O–H groups in total. The van der Waals surface area contributed by atoms with Gasteiger partial charge in [0.15, 0.2) is 5.78 Å². The maximum Gasteiger partial charge on any atom is 0.177 e. The lowest BCUT2D eigenvalue weighted by molar-refractivity contribution is 0.0991. The van der Waals surface area contributed by atoms with Crippen LogP contribution in [0.2, 0.25) is 10.0 Å². The first-order valence-corrected chi connectivity index (χ1v) is 8.42. The second kappa shape index (κ2) is 7.08. The van der Waals surface area contributed by atoms with Crippen molar-refractivity contribution in [3.8, 4) is 0 Å². The molecule has 104 valence electrons. The van der Waals surface area contributed by atoms with Crippen LogP contribution in [0.1, 0.15) is 20.7 Å². The Morgan fingerprint density at radius 3 is 2.20 bits per heavy atom. The van der Waals surface area contributed by atoms with Gasteiger partial charge in [0.1, 0.15) is 0 Å². The number of Topliss-reactive ketones (excluding diaryl/α,β-unsaturated/α-hetero) is 1. The number of ketones is 1. The van der Waals surface area contributed by atoms with Crippen LogP contribution in [-0.4, -0.2) is 10.6 Å². The predicted octanol–water partition coefficient (Wildman–Crippen LogP) is 6.08. The van der Waals surface area contributed by atoms with Crippen LogP contribution < -0.4 is 0 Å². The standard InChI is InChI=1S/C15H10Br2Cl2O/c16-13(10-6-7-11(18)12(19)8-10)14(17)15(20)9-4-2-1-3-5-9/h1-8,13-14H/t13-,14-/m1/s1. The van der Waals surface area contributed by atoms with Crippen molar-refractivity contribution in [3.63, 3.8) is 0 Å². The van der Waals surface area contributed by atoms with Gasteiger partial charge in [0, 0.05) is 5.56 Å². The number of hydrogen-bond donors (Lipinski definition) is 0. The number of benzene rings is 2. The highest BCUT2D eigenvalue weighted by Gasteiger charge is 2.26. The fraction of sp³-hybridized carbons (Fsp3) is 0.133. The Morgan fingerprint density at radius 1 is 0.950 bits per heavy atom. The van der Waals surface area contributed by atoms with Crippen LogP contribution in [0.4, 0.5) is 0 Å². The van der Waals surface area contributed by atoms with Gasteiger partial charge < -0.3 is 0 Å². The zero-order valence-electron chi connectivity index (χ0n) is 10.2. The van der Waals surface area contributed by atoms with Crippen molar-refractivity contribution in [2.24, 2.45) is 0 Å². The van der Waals surface area contributed by atoms with Crippen LogP contribution in [0.3, 0.4) is 0 Å². The topological polar surface area (TPSA) is 17.1 Å². The summed E-state index contributed by atoms with van der Waals surface area (Å²) in [5.74, 6) is 0.0125. The van der Waals surface area contributed by atoms with Crippen LogP contribution in [0.15, 0.2) is 48.5 Å². The Kier molecular flexibility index (Phi) is 5.67. The van der Waals surface area contributed by atoms with E-state index in [2.05, 4.69) is 31.9 Å². The average molecular weight is 437 g/mol. The molecular weight excluding hydrogens is 427 g/mol. The smallest absolute Gasteiger partial charge is 0.177 e. The molecule has 2 aromatic rings. The number of alkyl halides is 2. The Morgan fingerprint density at radius 2 is 1.60 bits per heavy atom.